The molecule has 5 nitrogen and oxygen atoms in total. The number of carbonyl (C=O) groups is 1. The Morgan fingerprint density at radius 2 is 2.17 bits per heavy atom. The maximum absolute atomic E-state index is 11.6. The number of hydrogen-bond donors (Lipinski definition) is 1. The number of nitrogens with one attached hydrogen (secondary N) is 1. The molecular formula is C16H21N3O2S2. The fraction of sp³-hybridized carbons (Fsp3) is 0.438. The maximum Gasteiger partial charge on any atom is 0.206 e. The molecule has 0 aliphatic heterocycles. The SMILES string of the molecule is CCCNc1nnc(SCc2cc(C(C)=O)ccc2OCC)s1. The van der Waals surface area contributed by atoms with Gasteiger partial charge in [-0.1, -0.05) is 30.0 Å². The lowest BCUT2D eigenvalue weighted by molar-refractivity contribution is 0.101. The van der Waals surface area contributed by atoms with E-state index in [0.29, 0.717) is 17.9 Å². The van der Waals surface area contributed by atoms with Gasteiger partial charge in [-0.25, -0.2) is 0 Å². The lowest BCUT2D eigenvalue weighted by atomic mass is 10.1. The van der Waals surface area contributed by atoms with Gasteiger partial charge in [-0.3, -0.25) is 4.79 Å². The zero-order valence-corrected chi connectivity index (χ0v) is 15.2. The van der Waals surface area contributed by atoms with Gasteiger partial charge in [0.2, 0.25) is 5.13 Å². The van der Waals surface area contributed by atoms with Crippen molar-refractivity contribution in [2.75, 3.05) is 18.5 Å². The van der Waals surface area contributed by atoms with Crippen LogP contribution in [0.2, 0.25) is 0 Å². The van der Waals surface area contributed by atoms with Crippen LogP contribution in [0.25, 0.3) is 0 Å². The molecule has 0 amide bonds. The van der Waals surface area contributed by atoms with Crippen LogP contribution in [-0.4, -0.2) is 29.1 Å². The molecule has 2 aromatic rings. The molecule has 124 valence electrons. The van der Waals surface area contributed by atoms with E-state index >= 15 is 0 Å². The van der Waals surface area contributed by atoms with Gasteiger partial charge in [0.1, 0.15) is 5.75 Å². The highest BCUT2D eigenvalue weighted by Gasteiger charge is 2.10. The fourth-order valence-electron chi connectivity index (χ4n) is 1.92. The summed E-state index contributed by atoms with van der Waals surface area (Å²) in [6.45, 7) is 7.13. The van der Waals surface area contributed by atoms with Gasteiger partial charge in [0.15, 0.2) is 10.1 Å². The quantitative estimate of drug-likeness (QED) is 0.538. The first-order valence-electron chi connectivity index (χ1n) is 7.60. The van der Waals surface area contributed by atoms with Gasteiger partial charge in [-0.15, -0.1) is 10.2 Å². The van der Waals surface area contributed by atoms with Gasteiger partial charge in [0.25, 0.3) is 0 Å². The summed E-state index contributed by atoms with van der Waals surface area (Å²) in [7, 11) is 0. The van der Waals surface area contributed by atoms with Crippen LogP contribution in [0, 0.1) is 0 Å². The molecule has 0 atom stereocenters. The third-order valence-electron chi connectivity index (χ3n) is 3.05. The van der Waals surface area contributed by atoms with E-state index in [-0.39, 0.29) is 5.78 Å². The first kappa shape index (κ1) is 17.7. The molecule has 2 rings (SSSR count). The Bertz CT molecular complexity index is 659. The van der Waals surface area contributed by atoms with Crippen LogP contribution in [0.3, 0.4) is 0 Å². The van der Waals surface area contributed by atoms with Crippen LogP contribution in [0.1, 0.15) is 43.1 Å². The molecule has 0 aliphatic carbocycles. The summed E-state index contributed by atoms with van der Waals surface area (Å²) < 4.78 is 6.55. The van der Waals surface area contributed by atoms with Crippen LogP contribution < -0.4 is 10.1 Å². The lowest BCUT2D eigenvalue weighted by Crippen LogP contribution is -1.99. The van der Waals surface area contributed by atoms with Gasteiger partial charge < -0.3 is 10.1 Å². The molecule has 1 heterocycles. The summed E-state index contributed by atoms with van der Waals surface area (Å²) in [5, 5.41) is 12.4. The minimum absolute atomic E-state index is 0.0567. The van der Waals surface area contributed by atoms with Crippen molar-refractivity contribution in [3.8, 4) is 5.75 Å². The second-order valence-corrected chi connectivity index (χ2v) is 7.10. The van der Waals surface area contributed by atoms with Crippen LogP contribution in [0.5, 0.6) is 5.75 Å². The fourth-order valence-corrected chi connectivity index (χ4v) is 3.67. The van der Waals surface area contributed by atoms with E-state index in [1.807, 2.05) is 19.1 Å². The monoisotopic (exact) mass is 351 g/mol. The number of anilines is 1. The maximum atomic E-state index is 11.6. The summed E-state index contributed by atoms with van der Waals surface area (Å²) in [6, 6.07) is 5.57. The first-order chi connectivity index (χ1) is 11.1. The number of thioether (sulfide) groups is 1. The van der Waals surface area contributed by atoms with E-state index in [2.05, 4.69) is 22.4 Å². The molecule has 0 saturated heterocycles. The Morgan fingerprint density at radius 1 is 1.35 bits per heavy atom. The molecule has 0 saturated carbocycles. The molecule has 0 unspecified atom stereocenters. The van der Waals surface area contributed by atoms with Gasteiger partial charge in [0, 0.05) is 23.4 Å². The molecule has 0 aliphatic rings. The Kier molecular flexibility index (Phi) is 6.85. The highest BCUT2D eigenvalue weighted by molar-refractivity contribution is 8.00. The largest absolute Gasteiger partial charge is 0.494 e. The van der Waals surface area contributed by atoms with E-state index in [9.17, 15) is 4.79 Å². The topological polar surface area (TPSA) is 64.1 Å². The molecular weight excluding hydrogens is 330 g/mol. The number of carbonyl (C=O) groups excluding carboxylic acids is 1. The van der Waals surface area contributed by atoms with Crippen molar-refractivity contribution in [3.63, 3.8) is 0 Å². The van der Waals surface area contributed by atoms with Crippen molar-refractivity contribution in [3.05, 3.63) is 29.3 Å². The average Bonchev–Trinajstić information content (AvgIpc) is 3.00. The smallest absolute Gasteiger partial charge is 0.206 e. The molecule has 0 bridgehead atoms. The minimum Gasteiger partial charge on any atom is -0.494 e. The molecule has 0 spiro atoms. The van der Waals surface area contributed by atoms with Crippen molar-refractivity contribution in [1.82, 2.24) is 10.2 Å². The normalized spacial score (nSPS) is 10.6. The summed E-state index contributed by atoms with van der Waals surface area (Å²) >= 11 is 3.15. The number of aromatic nitrogens is 2. The standard InChI is InChI=1S/C16H21N3O2S2/c1-4-8-17-15-18-19-16(23-15)22-10-13-9-12(11(3)20)6-7-14(13)21-5-2/h6-7,9H,4-5,8,10H2,1-3H3,(H,17,18). The Hall–Kier alpha value is -1.60. The molecule has 1 aromatic carbocycles. The number of benzene rings is 1. The van der Waals surface area contributed by atoms with Crippen molar-refractivity contribution in [2.24, 2.45) is 0 Å². The Balaban J connectivity index is 2.07. The predicted molar refractivity (Wildman–Crippen MR) is 95.9 cm³/mol. The molecule has 7 heteroatoms. The van der Waals surface area contributed by atoms with Crippen molar-refractivity contribution in [1.29, 1.82) is 0 Å². The van der Waals surface area contributed by atoms with Gasteiger partial charge in [-0.05, 0) is 38.5 Å². The highest BCUT2D eigenvalue weighted by Crippen LogP contribution is 2.32. The predicted octanol–water partition coefficient (Wildman–Crippen LogP) is 4.25. The summed E-state index contributed by atoms with van der Waals surface area (Å²) in [6.07, 6.45) is 1.05. The second-order valence-electron chi connectivity index (χ2n) is 4.90. The summed E-state index contributed by atoms with van der Waals surface area (Å²) in [5.41, 5.74) is 1.70. The Labute approximate surface area is 144 Å². The summed E-state index contributed by atoms with van der Waals surface area (Å²) in [4.78, 5) is 11.6. The van der Waals surface area contributed by atoms with E-state index in [0.717, 1.165) is 33.7 Å². The Morgan fingerprint density at radius 3 is 2.87 bits per heavy atom. The van der Waals surface area contributed by atoms with Crippen LogP contribution in [0.15, 0.2) is 22.5 Å². The van der Waals surface area contributed by atoms with Crippen LogP contribution in [-0.2, 0) is 5.75 Å². The van der Waals surface area contributed by atoms with Gasteiger partial charge in [-0.2, -0.15) is 0 Å². The van der Waals surface area contributed by atoms with E-state index in [1.54, 1.807) is 36.1 Å². The molecule has 1 aromatic heterocycles. The number of rotatable bonds is 9. The minimum atomic E-state index is 0.0567. The second kappa shape index (κ2) is 8.88. The van der Waals surface area contributed by atoms with Crippen LogP contribution >= 0.6 is 23.1 Å². The average molecular weight is 351 g/mol. The van der Waals surface area contributed by atoms with Crippen molar-refractivity contribution in [2.45, 2.75) is 37.3 Å². The van der Waals surface area contributed by atoms with E-state index in [4.69, 9.17) is 4.74 Å². The van der Waals surface area contributed by atoms with Crippen molar-refractivity contribution >= 4 is 34.0 Å². The number of nitrogens with zero attached hydrogens (tertiary/aromatic N) is 2. The van der Waals surface area contributed by atoms with Gasteiger partial charge in [0.05, 0.1) is 6.61 Å². The molecule has 0 fully saturated rings. The van der Waals surface area contributed by atoms with E-state index < -0.39 is 0 Å². The summed E-state index contributed by atoms with van der Waals surface area (Å²) in [5.74, 6) is 1.57. The lowest BCUT2D eigenvalue weighted by Gasteiger charge is -2.10. The van der Waals surface area contributed by atoms with Gasteiger partial charge >= 0.3 is 0 Å². The van der Waals surface area contributed by atoms with Crippen LogP contribution in [0.4, 0.5) is 5.13 Å². The third kappa shape index (κ3) is 5.21. The first-order valence-corrected chi connectivity index (χ1v) is 9.41. The molecule has 23 heavy (non-hydrogen) atoms. The number of hydrogen-bond acceptors (Lipinski definition) is 7. The number of ketones is 1. The number of ether oxygens (including phenoxy) is 1. The zero-order valence-electron chi connectivity index (χ0n) is 13.6. The molecule has 1 N–H and O–H groups in total. The number of Topliss-reactive ketones (excluding diaryl/α,β-unsaturated/α-hetero) is 1. The van der Waals surface area contributed by atoms with E-state index in [1.165, 1.54) is 0 Å². The highest BCUT2D eigenvalue weighted by atomic mass is 32.2. The molecule has 0 radical (unpaired) electrons. The third-order valence-corrected chi connectivity index (χ3v) is 5.11. The zero-order chi connectivity index (χ0) is 16.7. The van der Waals surface area contributed by atoms with Crippen molar-refractivity contribution < 1.29 is 9.53 Å².